The standard InChI is InChI=1S/C12H10ClN5O/c1-19-10-11(15)16-6-17-12(10)18-9-3-2-7(5-14)4-8(9)13/h2-4,6H,1H3,(H3,15,16,17,18). The van der Waals surface area contributed by atoms with Crippen molar-refractivity contribution in [1.29, 1.82) is 5.26 Å². The Balaban J connectivity index is 2.37. The predicted molar refractivity (Wildman–Crippen MR) is 72.4 cm³/mol. The fourth-order valence-electron chi connectivity index (χ4n) is 1.49. The molecule has 0 bridgehead atoms. The number of methoxy groups -OCH3 is 1. The molecular formula is C12H10ClN5O. The van der Waals surface area contributed by atoms with Gasteiger partial charge in [0, 0.05) is 0 Å². The van der Waals surface area contributed by atoms with Crippen LogP contribution in [0.15, 0.2) is 24.5 Å². The van der Waals surface area contributed by atoms with Crippen LogP contribution in [0.1, 0.15) is 5.56 Å². The Hall–Kier alpha value is -2.52. The zero-order chi connectivity index (χ0) is 13.8. The van der Waals surface area contributed by atoms with Gasteiger partial charge in [-0.1, -0.05) is 11.6 Å². The van der Waals surface area contributed by atoms with E-state index in [4.69, 9.17) is 27.3 Å². The molecule has 0 amide bonds. The lowest BCUT2D eigenvalue weighted by Crippen LogP contribution is -2.03. The molecule has 0 spiro atoms. The van der Waals surface area contributed by atoms with E-state index in [0.717, 1.165) is 0 Å². The number of nitriles is 1. The Morgan fingerprint density at radius 2 is 2.21 bits per heavy atom. The molecule has 0 saturated heterocycles. The molecule has 19 heavy (non-hydrogen) atoms. The van der Waals surface area contributed by atoms with Gasteiger partial charge in [-0.05, 0) is 18.2 Å². The fourth-order valence-corrected chi connectivity index (χ4v) is 1.72. The minimum absolute atomic E-state index is 0.227. The van der Waals surface area contributed by atoms with Crippen molar-refractivity contribution in [1.82, 2.24) is 9.97 Å². The van der Waals surface area contributed by atoms with E-state index in [0.29, 0.717) is 27.8 Å². The van der Waals surface area contributed by atoms with Gasteiger partial charge in [-0.25, -0.2) is 9.97 Å². The number of nitrogen functional groups attached to an aromatic ring is 1. The maximum absolute atomic E-state index is 8.78. The molecule has 2 rings (SSSR count). The molecular weight excluding hydrogens is 266 g/mol. The lowest BCUT2D eigenvalue weighted by Gasteiger charge is -2.12. The van der Waals surface area contributed by atoms with Crippen LogP contribution in [0.5, 0.6) is 5.75 Å². The number of rotatable bonds is 3. The van der Waals surface area contributed by atoms with Gasteiger partial charge < -0.3 is 15.8 Å². The highest BCUT2D eigenvalue weighted by Crippen LogP contribution is 2.32. The topological polar surface area (TPSA) is 96.8 Å². The average molecular weight is 276 g/mol. The summed E-state index contributed by atoms with van der Waals surface area (Å²) < 4.78 is 5.13. The molecule has 0 aliphatic heterocycles. The summed E-state index contributed by atoms with van der Waals surface area (Å²) in [6.45, 7) is 0. The summed E-state index contributed by atoms with van der Waals surface area (Å²) in [7, 11) is 1.47. The van der Waals surface area contributed by atoms with Gasteiger partial charge in [0.05, 0.1) is 29.5 Å². The first-order chi connectivity index (χ1) is 9.15. The Labute approximate surface area is 114 Å². The molecule has 0 unspecified atom stereocenters. The molecule has 6 nitrogen and oxygen atoms in total. The Morgan fingerprint density at radius 1 is 1.42 bits per heavy atom. The minimum Gasteiger partial charge on any atom is -0.490 e. The summed E-state index contributed by atoms with van der Waals surface area (Å²) in [5.41, 5.74) is 6.75. The number of hydrogen-bond acceptors (Lipinski definition) is 6. The zero-order valence-electron chi connectivity index (χ0n) is 10.0. The van der Waals surface area contributed by atoms with Crippen molar-refractivity contribution in [3.63, 3.8) is 0 Å². The van der Waals surface area contributed by atoms with E-state index in [1.54, 1.807) is 18.2 Å². The van der Waals surface area contributed by atoms with E-state index < -0.39 is 0 Å². The SMILES string of the molecule is COc1c(N)ncnc1Nc1ccc(C#N)cc1Cl. The van der Waals surface area contributed by atoms with Crippen LogP contribution in [0.25, 0.3) is 0 Å². The predicted octanol–water partition coefficient (Wildman–Crippen LogP) is 2.34. The zero-order valence-corrected chi connectivity index (χ0v) is 10.8. The van der Waals surface area contributed by atoms with Crippen molar-refractivity contribution in [2.24, 2.45) is 0 Å². The van der Waals surface area contributed by atoms with Crippen molar-refractivity contribution >= 4 is 28.9 Å². The Bertz CT molecular complexity index is 653. The summed E-state index contributed by atoms with van der Waals surface area (Å²) in [6.07, 6.45) is 1.32. The summed E-state index contributed by atoms with van der Waals surface area (Å²) in [5.74, 6) is 0.967. The van der Waals surface area contributed by atoms with Crippen LogP contribution < -0.4 is 15.8 Å². The third-order valence-corrected chi connectivity index (χ3v) is 2.70. The molecule has 0 aliphatic rings. The van der Waals surface area contributed by atoms with Gasteiger partial charge in [0.25, 0.3) is 0 Å². The minimum atomic E-state index is 0.227. The van der Waals surface area contributed by atoms with Gasteiger partial charge in [-0.15, -0.1) is 0 Å². The van der Waals surface area contributed by atoms with Crippen molar-refractivity contribution in [2.45, 2.75) is 0 Å². The number of aromatic nitrogens is 2. The first-order valence-electron chi connectivity index (χ1n) is 5.27. The largest absolute Gasteiger partial charge is 0.490 e. The van der Waals surface area contributed by atoms with Gasteiger partial charge in [0.1, 0.15) is 6.33 Å². The van der Waals surface area contributed by atoms with Crippen molar-refractivity contribution in [3.05, 3.63) is 35.1 Å². The number of benzene rings is 1. The van der Waals surface area contributed by atoms with E-state index in [2.05, 4.69) is 15.3 Å². The van der Waals surface area contributed by atoms with Crippen LogP contribution in [-0.2, 0) is 0 Å². The molecule has 0 saturated carbocycles. The number of anilines is 3. The first-order valence-corrected chi connectivity index (χ1v) is 5.64. The normalized spacial score (nSPS) is 9.74. The number of nitrogens with zero attached hydrogens (tertiary/aromatic N) is 3. The Morgan fingerprint density at radius 3 is 2.84 bits per heavy atom. The number of ether oxygens (including phenoxy) is 1. The summed E-state index contributed by atoms with van der Waals surface area (Å²) in [6, 6.07) is 6.89. The van der Waals surface area contributed by atoms with Crippen LogP contribution in [-0.4, -0.2) is 17.1 Å². The summed E-state index contributed by atoms with van der Waals surface area (Å²) in [4.78, 5) is 7.87. The molecule has 3 N–H and O–H groups in total. The number of halogens is 1. The molecule has 0 atom stereocenters. The molecule has 0 aliphatic carbocycles. The summed E-state index contributed by atoms with van der Waals surface area (Å²) in [5, 5.41) is 12.2. The van der Waals surface area contributed by atoms with E-state index in [1.807, 2.05) is 6.07 Å². The number of nitrogens with two attached hydrogens (primary N) is 1. The number of nitrogens with one attached hydrogen (secondary N) is 1. The molecule has 96 valence electrons. The second-order valence-electron chi connectivity index (χ2n) is 3.57. The lowest BCUT2D eigenvalue weighted by atomic mass is 10.2. The fraction of sp³-hybridized carbons (Fsp3) is 0.0833. The molecule has 0 radical (unpaired) electrons. The summed E-state index contributed by atoms with van der Waals surface area (Å²) >= 11 is 6.06. The molecule has 1 aromatic carbocycles. The lowest BCUT2D eigenvalue weighted by molar-refractivity contribution is 0.415. The maximum atomic E-state index is 8.78. The van der Waals surface area contributed by atoms with Crippen LogP contribution >= 0.6 is 11.6 Å². The highest BCUT2D eigenvalue weighted by Gasteiger charge is 2.11. The third-order valence-electron chi connectivity index (χ3n) is 2.39. The van der Waals surface area contributed by atoms with Crippen LogP contribution in [0.2, 0.25) is 5.02 Å². The monoisotopic (exact) mass is 275 g/mol. The Kier molecular flexibility index (Phi) is 3.68. The van der Waals surface area contributed by atoms with Crippen LogP contribution in [0.4, 0.5) is 17.3 Å². The molecule has 2 aromatic rings. The van der Waals surface area contributed by atoms with Crippen LogP contribution in [0, 0.1) is 11.3 Å². The second kappa shape index (κ2) is 5.42. The highest BCUT2D eigenvalue weighted by molar-refractivity contribution is 6.33. The molecule has 7 heteroatoms. The van der Waals surface area contributed by atoms with E-state index >= 15 is 0 Å². The quantitative estimate of drug-likeness (QED) is 0.892. The highest BCUT2D eigenvalue weighted by atomic mass is 35.5. The van der Waals surface area contributed by atoms with Gasteiger partial charge >= 0.3 is 0 Å². The number of hydrogen-bond donors (Lipinski definition) is 2. The van der Waals surface area contributed by atoms with Crippen molar-refractivity contribution < 1.29 is 4.74 Å². The molecule has 1 aromatic heterocycles. The molecule has 1 heterocycles. The second-order valence-corrected chi connectivity index (χ2v) is 3.98. The van der Waals surface area contributed by atoms with Crippen LogP contribution in [0.3, 0.4) is 0 Å². The van der Waals surface area contributed by atoms with Gasteiger partial charge in [-0.2, -0.15) is 5.26 Å². The average Bonchev–Trinajstić information content (AvgIpc) is 2.41. The van der Waals surface area contributed by atoms with Gasteiger partial charge in [-0.3, -0.25) is 0 Å². The van der Waals surface area contributed by atoms with Gasteiger partial charge in [0.15, 0.2) is 11.6 Å². The smallest absolute Gasteiger partial charge is 0.204 e. The first kappa shape index (κ1) is 12.9. The third kappa shape index (κ3) is 2.67. The van der Waals surface area contributed by atoms with E-state index in [1.165, 1.54) is 13.4 Å². The van der Waals surface area contributed by atoms with Gasteiger partial charge in [0.2, 0.25) is 5.75 Å². The molecule has 0 fully saturated rings. The van der Waals surface area contributed by atoms with E-state index in [9.17, 15) is 0 Å². The van der Waals surface area contributed by atoms with Crippen molar-refractivity contribution in [3.8, 4) is 11.8 Å². The van der Waals surface area contributed by atoms with Crippen molar-refractivity contribution in [2.75, 3.05) is 18.2 Å². The maximum Gasteiger partial charge on any atom is 0.204 e. The van der Waals surface area contributed by atoms with E-state index in [-0.39, 0.29) is 5.82 Å².